The van der Waals surface area contributed by atoms with Gasteiger partial charge in [0, 0.05) is 23.3 Å². The molecule has 0 saturated heterocycles. The molecule has 0 fully saturated rings. The summed E-state index contributed by atoms with van der Waals surface area (Å²) in [6.07, 6.45) is -4.45. The molecule has 2 aromatic carbocycles. The minimum Gasteiger partial charge on any atom is -0.344 e. The number of hydrogen-bond donors (Lipinski definition) is 1. The number of rotatable bonds is 4. The molecule has 0 heterocycles. The van der Waals surface area contributed by atoms with Gasteiger partial charge >= 0.3 is 6.18 Å². The van der Waals surface area contributed by atoms with E-state index in [-0.39, 0.29) is 10.2 Å². The van der Waals surface area contributed by atoms with Crippen molar-refractivity contribution < 1.29 is 26.0 Å². The molecule has 136 valence electrons. The predicted octanol–water partition coefficient (Wildman–Crippen LogP) is 4.28. The van der Waals surface area contributed by atoms with E-state index in [4.69, 9.17) is 0 Å². The van der Waals surface area contributed by atoms with E-state index >= 15 is 0 Å². The van der Waals surface area contributed by atoms with Crippen LogP contribution in [-0.4, -0.2) is 22.5 Å². The summed E-state index contributed by atoms with van der Waals surface area (Å²) in [5.41, 5.74) is -0.171. The van der Waals surface area contributed by atoms with Gasteiger partial charge in [-0.05, 0) is 53.3 Å². The van der Waals surface area contributed by atoms with Crippen LogP contribution >= 0.6 is 15.9 Å². The number of anilines is 2. The molecule has 0 bridgehead atoms. The molecular formula is C15H13BrF4N2O2S. The van der Waals surface area contributed by atoms with Crippen LogP contribution in [0.4, 0.5) is 28.9 Å². The second-order valence-corrected chi connectivity index (χ2v) is 7.75. The van der Waals surface area contributed by atoms with Gasteiger partial charge in [-0.1, -0.05) is 0 Å². The number of halogens is 5. The fraction of sp³-hybridized carbons (Fsp3) is 0.200. The summed E-state index contributed by atoms with van der Waals surface area (Å²) in [5, 5.41) is 0. The SMILES string of the molecule is CNS(=O)(=O)c1cc(Br)c(N(C)c2ccc(C(F)(F)F)cc2)cc1F. The van der Waals surface area contributed by atoms with Gasteiger partial charge < -0.3 is 4.90 Å². The molecule has 1 N–H and O–H groups in total. The molecule has 4 nitrogen and oxygen atoms in total. The third kappa shape index (κ3) is 4.13. The lowest BCUT2D eigenvalue weighted by molar-refractivity contribution is -0.137. The maximum Gasteiger partial charge on any atom is 0.416 e. The number of sulfonamides is 1. The number of nitrogens with one attached hydrogen (secondary N) is 1. The molecule has 2 rings (SSSR count). The summed E-state index contributed by atoms with van der Waals surface area (Å²) < 4.78 is 77.9. The van der Waals surface area contributed by atoms with Crippen molar-refractivity contribution in [3.63, 3.8) is 0 Å². The first kappa shape index (κ1) is 19.7. The first-order valence-electron chi connectivity index (χ1n) is 6.81. The van der Waals surface area contributed by atoms with E-state index in [0.717, 1.165) is 31.3 Å². The highest BCUT2D eigenvalue weighted by Gasteiger charge is 2.30. The van der Waals surface area contributed by atoms with Gasteiger partial charge in [-0.2, -0.15) is 13.2 Å². The summed E-state index contributed by atoms with van der Waals surface area (Å²) >= 11 is 3.17. The Kier molecular flexibility index (Phi) is 5.45. The van der Waals surface area contributed by atoms with Gasteiger partial charge in [0.15, 0.2) is 0 Å². The average Bonchev–Trinajstić information content (AvgIpc) is 2.55. The average molecular weight is 441 g/mol. The maximum atomic E-state index is 14.2. The highest BCUT2D eigenvalue weighted by atomic mass is 79.9. The smallest absolute Gasteiger partial charge is 0.344 e. The van der Waals surface area contributed by atoms with E-state index in [0.29, 0.717) is 5.69 Å². The van der Waals surface area contributed by atoms with Crippen molar-refractivity contribution in [3.8, 4) is 0 Å². The zero-order valence-corrected chi connectivity index (χ0v) is 15.4. The minimum atomic E-state index is -4.45. The molecule has 0 aromatic heterocycles. The van der Waals surface area contributed by atoms with Gasteiger partial charge in [-0.3, -0.25) is 0 Å². The van der Waals surface area contributed by atoms with Gasteiger partial charge in [0.25, 0.3) is 0 Å². The first-order valence-corrected chi connectivity index (χ1v) is 9.08. The Morgan fingerprint density at radius 3 is 2.16 bits per heavy atom. The van der Waals surface area contributed by atoms with E-state index in [9.17, 15) is 26.0 Å². The zero-order chi connectivity index (χ0) is 19.0. The molecule has 25 heavy (non-hydrogen) atoms. The van der Waals surface area contributed by atoms with Gasteiger partial charge in [0.05, 0.1) is 11.3 Å². The molecule has 0 unspecified atom stereocenters. The van der Waals surface area contributed by atoms with Crippen molar-refractivity contribution in [1.82, 2.24) is 4.72 Å². The van der Waals surface area contributed by atoms with Gasteiger partial charge in [-0.25, -0.2) is 17.5 Å². The fourth-order valence-electron chi connectivity index (χ4n) is 2.10. The second kappa shape index (κ2) is 6.93. The van der Waals surface area contributed by atoms with Crippen molar-refractivity contribution in [1.29, 1.82) is 0 Å². The molecule has 0 amide bonds. The Hall–Kier alpha value is -1.65. The van der Waals surface area contributed by atoms with Crippen LogP contribution < -0.4 is 9.62 Å². The van der Waals surface area contributed by atoms with Crippen molar-refractivity contribution in [2.24, 2.45) is 0 Å². The molecule has 0 atom stereocenters. The summed E-state index contributed by atoms with van der Waals surface area (Å²) in [6.45, 7) is 0. The highest BCUT2D eigenvalue weighted by molar-refractivity contribution is 9.10. The van der Waals surface area contributed by atoms with Crippen LogP contribution in [0.3, 0.4) is 0 Å². The van der Waals surface area contributed by atoms with Crippen LogP contribution in [0.5, 0.6) is 0 Å². The number of nitrogens with zero attached hydrogens (tertiary/aromatic N) is 1. The van der Waals surface area contributed by atoms with E-state index in [1.165, 1.54) is 24.1 Å². The topological polar surface area (TPSA) is 49.4 Å². The maximum absolute atomic E-state index is 14.2. The van der Waals surface area contributed by atoms with Crippen molar-refractivity contribution in [3.05, 3.63) is 52.3 Å². The normalized spacial score (nSPS) is 12.3. The quantitative estimate of drug-likeness (QED) is 0.721. The second-order valence-electron chi connectivity index (χ2n) is 5.05. The fourth-order valence-corrected chi connectivity index (χ4v) is 3.67. The van der Waals surface area contributed by atoms with Crippen molar-refractivity contribution in [2.45, 2.75) is 11.1 Å². The lowest BCUT2D eigenvalue weighted by Gasteiger charge is -2.22. The van der Waals surface area contributed by atoms with Gasteiger partial charge in [-0.15, -0.1) is 0 Å². The summed E-state index contributed by atoms with van der Waals surface area (Å²) in [5.74, 6) is -0.980. The number of benzene rings is 2. The molecule has 0 saturated carbocycles. The monoisotopic (exact) mass is 440 g/mol. The van der Waals surface area contributed by atoms with E-state index < -0.39 is 32.5 Å². The minimum absolute atomic E-state index is 0.257. The summed E-state index contributed by atoms with van der Waals surface area (Å²) in [4.78, 5) is 0.898. The van der Waals surface area contributed by atoms with Crippen molar-refractivity contribution in [2.75, 3.05) is 19.0 Å². The van der Waals surface area contributed by atoms with E-state index in [2.05, 4.69) is 15.9 Å². The molecule has 0 aliphatic heterocycles. The Morgan fingerprint density at radius 2 is 1.68 bits per heavy atom. The largest absolute Gasteiger partial charge is 0.416 e. The van der Waals surface area contributed by atoms with Gasteiger partial charge in [0.2, 0.25) is 10.0 Å². The highest BCUT2D eigenvalue weighted by Crippen LogP contribution is 2.36. The van der Waals surface area contributed by atoms with Crippen LogP contribution in [0.15, 0.2) is 45.8 Å². The van der Waals surface area contributed by atoms with Crippen molar-refractivity contribution >= 4 is 37.3 Å². The van der Waals surface area contributed by atoms with Crippen LogP contribution in [0.2, 0.25) is 0 Å². The molecule has 2 aromatic rings. The van der Waals surface area contributed by atoms with Crippen LogP contribution in [0, 0.1) is 5.82 Å². The molecule has 0 aliphatic carbocycles. The van der Waals surface area contributed by atoms with E-state index in [1.807, 2.05) is 4.72 Å². The summed E-state index contributed by atoms with van der Waals surface area (Å²) in [7, 11) is -1.30. The lowest BCUT2D eigenvalue weighted by atomic mass is 10.2. The number of hydrogen-bond acceptors (Lipinski definition) is 3. The van der Waals surface area contributed by atoms with Gasteiger partial charge in [0.1, 0.15) is 10.7 Å². The molecule has 10 heteroatoms. The third-order valence-electron chi connectivity index (χ3n) is 3.50. The Labute approximate surface area is 150 Å². The van der Waals surface area contributed by atoms with E-state index in [1.54, 1.807) is 0 Å². The summed E-state index contributed by atoms with van der Waals surface area (Å²) in [6, 6.07) is 6.39. The zero-order valence-electron chi connectivity index (χ0n) is 13.0. The lowest BCUT2D eigenvalue weighted by Crippen LogP contribution is -2.20. The van der Waals surface area contributed by atoms with Crippen LogP contribution in [0.25, 0.3) is 0 Å². The first-order chi connectivity index (χ1) is 11.5. The standard InChI is InChI=1S/C15H13BrF4N2O2S/c1-21-25(23,24)14-7-11(16)13(8-12(14)17)22(2)10-5-3-9(4-6-10)15(18,19)20/h3-8,21H,1-2H3. The third-order valence-corrected chi connectivity index (χ3v) is 5.57. The molecule has 0 spiro atoms. The molecule has 0 aliphatic rings. The Balaban J connectivity index is 2.43. The number of alkyl halides is 3. The molecular weight excluding hydrogens is 428 g/mol. The molecule has 0 radical (unpaired) electrons. The predicted molar refractivity (Wildman–Crippen MR) is 89.9 cm³/mol. The van der Waals surface area contributed by atoms with Crippen LogP contribution in [0.1, 0.15) is 5.56 Å². The van der Waals surface area contributed by atoms with Crippen LogP contribution in [-0.2, 0) is 16.2 Å². The Bertz CT molecular complexity index is 884. The Morgan fingerprint density at radius 1 is 1.12 bits per heavy atom.